The molecule has 0 aliphatic heterocycles. The summed E-state index contributed by atoms with van der Waals surface area (Å²) >= 11 is 4.70. The molecular formula is C20H19BrN4O2S. The minimum atomic E-state index is -0.112. The summed E-state index contributed by atoms with van der Waals surface area (Å²) in [6.07, 6.45) is 1.77. The predicted octanol–water partition coefficient (Wildman–Crippen LogP) is 4.63. The molecule has 0 aliphatic rings. The average Bonchev–Trinajstić information content (AvgIpc) is 3.11. The summed E-state index contributed by atoms with van der Waals surface area (Å²) in [7, 11) is 1.62. The van der Waals surface area contributed by atoms with Crippen LogP contribution in [-0.2, 0) is 11.3 Å². The van der Waals surface area contributed by atoms with Crippen LogP contribution in [0.1, 0.15) is 0 Å². The summed E-state index contributed by atoms with van der Waals surface area (Å²) in [4.78, 5) is 12.3. The zero-order chi connectivity index (χ0) is 19.9. The highest BCUT2D eigenvalue weighted by Crippen LogP contribution is 2.31. The lowest BCUT2D eigenvalue weighted by atomic mass is 10.2. The van der Waals surface area contributed by atoms with E-state index < -0.39 is 0 Å². The highest BCUT2D eigenvalue weighted by atomic mass is 79.9. The molecular weight excluding hydrogens is 440 g/mol. The Balaban J connectivity index is 1.75. The molecule has 0 saturated carbocycles. The molecule has 28 heavy (non-hydrogen) atoms. The number of hydrogen-bond acceptors (Lipinski definition) is 5. The standard InChI is InChI=1S/C20H19BrN4O2S/c1-3-12-25-19(16-6-4-5-7-17(16)27-2)23-24-20(25)28-13-18(26)22-15-10-8-14(21)9-11-15/h3-11H,1,12-13H2,2H3,(H,22,26). The topological polar surface area (TPSA) is 69.0 Å². The molecule has 0 spiro atoms. The molecule has 1 aromatic heterocycles. The lowest BCUT2D eigenvalue weighted by Crippen LogP contribution is -2.14. The number of carbonyl (C=O) groups excluding carboxylic acids is 1. The van der Waals surface area contributed by atoms with Gasteiger partial charge in [0, 0.05) is 16.7 Å². The van der Waals surface area contributed by atoms with Gasteiger partial charge in [-0.05, 0) is 36.4 Å². The summed E-state index contributed by atoms with van der Waals surface area (Å²) in [5.41, 5.74) is 1.58. The van der Waals surface area contributed by atoms with Crippen molar-refractivity contribution in [1.82, 2.24) is 14.8 Å². The lowest BCUT2D eigenvalue weighted by molar-refractivity contribution is -0.113. The second-order valence-corrected chi connectivity index (χ2v) is 7.61. The van der Waals surface area contributed by atoms with E-state index in [-0.39, 0.29) is 11.7 Å². The van der Waals surface area contributed by atoms with Crippen LogP contribution in [0.3, 0.4) is 0 Å². The van der Waals surface area contributed by atoms with Gasteiger partial charge in [0.25, 0.3) is 0 Å². The van der Waals surface area contributed by atoms with E-state index in [1.165, 1.54) is 11.8 Å². The molecule has 1 N–H and O–H groups in total. The number of halogens is 1. The average molecular weight is 459 g/mol. The van der Waals surface area contributed by atoms with Gasteiger partial charge < -0.3 is 10.1 Å². The molecule has 3 rings (SSSR count). The summed E-state index contributed by atoms with van der Waals surface area (Å²) < 4.78 is 8.31. The molecule has 6 nitrogen and oxygen atoms in total. The fourth-order valence-corrected chi connectivity index (χ4v) is 3.59. The number of aromatic nitrogens is 3. The Morgan fingerprint density at radius 2 is 2.00 bits per heavy atom. The van der Waals surface area contributed by atoms with Crippen LogP contribution in [0.25, 0.3) is 11.4 Å². The molecule has 0 fully saturated rings. The van der Waals surface area contributed by atoms with Crippen molar-refractivity contribution in [3.8, 4) is 17.1 Å². The van der Waals surface area contributed by atoms with Crippen molar-refractivity contribution in [2.45, 2.75) is 11.7 Å². The van der Waals surface area contributed by atoms with E-state index in [9.17, 15) is 4.79 Å². The van der Waals surface area contributed by atoms with Gasteiger partial charge >= 0.3 is 0 Å². The minimum Gasteiger partial charge on any atom is -0.496 e. The quantitative estimate of drug-likeness (QED) is 0.393. The second kappa shape index (κ2) is 9.57. The van der Waals surface area contributed by atoms with Crippen LogP contribution < -0.4 is 10.1 Å². The van der Waals surface area contributed by atoms with Gasteiger partial charge in [0.15, 0.2) is 11.0 Å². The van der Waals surface area contributed by atoms with Crippen LogP contribution in [0.2, 0.25) is 0 Å². The van der Waals surface area contributed by atoms with Gasteiger partial charge in [-0.1, -0.05) is 45.9 Å². The first kappa shape index (κ1) is 20.2. The number of para-hydroxylation sites is 1. The van der Waals surface area contributed by atoms with E-state index in [1.54, 1.807) is 13.2 Å². The van der Waals surface area contributed by atoms with Crippen LogP contribution in [0.4, 0.5) is 5.69 Å². The van der Waals surface area contributed by atoms with Crippen molar-refractivity contribution in [1.29, 1.82) is 0 Å². The van der Waals surface area contributed by atoms with E-state index >= 15 is 0 Å². The molecule has 0 saturated heterocycles. The number of allylic oxidation sites excluding steroid dienone is 1. The Hall–Kier alpha value is -2.58. The molecule has 8 heteroatoms. The van der Waals surface area contributed by atoms with Gasteiger partial charge in [-0.15, -0.1) is 16.8 Å². The SMILES string of the molecule is C=CCn1c(SCC(=O)Nc2ccc(Br)cc2)nnc1-c1ccccc1OC. The zero-order valence-electron chi connectivity index (χ0n) is 15.3. The van der Waals surface area contributed by atoms with Crippen LogP contribution in [-0.4, -0.2) is 33.5 Å². The molecule has 144 valence electrons. The van der Waals surface area contributed by atoms with Gasteiger partial charge in [-0.25, -0.2) is 0 Å². The van der Waals surface area contributed by atoms with Crippen molar-refractivity contribution >= 4 is 39.3 Å². The van der Waals surface area contributed by atoms with E-state index in [0.717, 1.165) is 15.7 Å². The highest BCUT2D eigenvalue weighted by Gasteiger charge is 2.17. The van der Waals surface area contributed by atoms with Crippen molar-refractivity contribution in [2.75, 3.05) is 18.2 Å². The Morgan fingerprint density at radius 1 is 1.25 bits per heavy atom. The molecule has 3 aromatic rings. The number of carbonyl (C=O) groups is 1. The Morgan fingerprint density at radius 3 is 2.71 bits per heavy atom. The summed E-state index contributed by atoms with van der Waals surface area (Å²) in [6.45, 7) is 4.34. The monoisotopic (exact) mass is 458 g/mol. The van der Waals surface area contributed by atoms with Crippen molar-refractivity contribution in [2.24, 2.45) is 0 Å². The number of amides is 1. The fraction of sp³-hybridized carbons (Fsp3) is 0.150. The highest BCUT2D eigenvalue weighted by molar-refractivity contribution is 9.10. The smallest absolute Gasteiger partial charge is 0.234 e. The number of hydrogen-bond donors (Lipinski definition) is 1. The Kier molecular flexibility index (Phi) is 6.89. The van der Waals surface area contributed by atoms with Gasteiger partial charge in [0.1, 0.15) is 5.75 Å². The van der Waals surface area contributed by atoms with E-state index in [4.69, 9.17) is 4.74 Å². The number of thioether (sulfide) groups is 1. The van der Waals surface area contributed by atoms with Gasteiger partial charge in [-0.3, -0.25) is 9.36 Å². The Bertz CT molecular complexity index is 973. The van der Waals surface area contributed by atoms with Crippen molar-refractivity contribution < 1.29 is 9.53 Å². The third-order valence-corrected chi connectivity index (χ3v) is 5.33. The number of ether oxygens (including phenoxy) is 1. The van der Waals surface area contributed by atoms with Crippen LogP contribution >= 0.6 is 27.7 Å². The van der Waals surface area contributed by atoms with Crippen molar-refractivity contribution in [3.05, 3.63) is 65.7 Å². The van der Waals surface area contributed by atoms with Gasteiger partial charge in [0.05, 0.1) is 18.4 Å². The number of nitrogens with one attached hydrogen (secondary N) is 1. The fourth-order valence-electron chi connectivity index (χ4n) is 2.58. The van der Waals surface area contributed by atoms with E-state index in [2.05, 4.69) is 38.0 Å². The Labute approximate surface area is 176 Å². The van der Waals surface area contributed by atoms with E-state index in [0.29, 0.717) is 23.3 Å². The van der Waals surface area contributed by atoms with Crippen LogP contribution in [0.15, 0.2) is 70.8 Å². The minimum absolute atomic E-state index is 0.112. The number of anilines is 1. The maximum absolute atomic E-state index is 12.3. The molecule has 0 atom stereocenters. The molecule has 0 aliphatic carbocycles. The summed E-state index contributed by atoms with van der Waals surface area (Å²) in [6, 6.07) is 15.1. The number of methoxy groups -OCH3 is 1. The number of nitrogens with zero attached hydrogens (tertiary/aromatic N) is 3. The molecule has 0 radical (unpaired) electrons. The van der Waals surface area contributed by atoms with Crippen LogP contribution in [0, 0.1) is 0 Å². The van der Waals surface area contributed by atoms with Gasteiger partial charge in [-0.2, -0.15) is 0 Å². The predicted molar refractivity (Wildman–Crippen MR) is 116 cm³/mol. The molecule has 0 bridgehead atoms. The van der Waals surface area contributed by atoms with Gasteiger partial charge in [0.2, 0.25) is 5.91 Å². The maximum Gasteiger partial charge on any atom is 0.234 e. The molecule has 0 unspecified atom stereocenters. The first-order valence-corrected chi connectivity index (χ1v) is 10.3. The zero-order valence-corrected chi connectivity index (χ0v) is 17.7. The number of rotatable bonds is 8. The third kappa shape index (κ3) is 4.82. The number of benzene rings is 2. The second-order valence-electron chi connectivity index (χ2n) is 5.75. The van der Waals surface area contributed by atoms with E-state index in [1.807, 2.05) is 53.1 Å². The largest absolute Gasteiger partial charge is 0.496 e. The lowest BCUT2D eigenvalue weighted by Gasteiger charge is -2.10. The van der Waals surface area contributed by atoms with Crippen molar-refractivity contribution in [3.63, 3.8) is 0 Å². The molecule has 2 aromatic carbocycles. The maximum atomic E-state index is 12.3. The first-order valence-electron chi connectivity index (χ1n) is 8.48. The summed E-state index contributed by atoms with van der Waals surface area (Å²) in [5.74, 6) is 1.49. The molecule has 1 amide bonds. The van der Waals surface area contributed by atoms with Crippen LogP contribution in [0.5, 0.6) is 5.75 Å². The third-order valence-electron chi connectivity index (χ3n) is 3.84. The first-order chi connectivity index (χ1) is 13.6. The summed E-state index contributed by atoms with van der Waals surface area (Å²) in [5, 5.41) is 12.1. The normalized spacial score (nSPS) is 10.5. The molecule has 1 heterocycles.